The summed E-state index contributed by atoms with van der Waals surface area (Å²) in [5.74, 6) is 0.922. The summed E-state index contributed by atoms with van der Waals surface area (Å²) in [6.45, 7) is 9.82. The minimum absolute atomic E-state index is 0.0360. The van der Waals surface area contributed by atoms with Gasteiger partial charge in [-0.25, -0.2) is 14.5 Å². The van der Waals surface area contributed by atoms with Crippen molar-refractivity contribution in [1.29, 1.82) is 0 Å². The van der Waals surface area contributed by atoms with Gasteiger partial charge in [-0.2, -0.15) is 0 Å². The van der Waals surface area contributed by atoms with Crippen LogP contribution in [0.3, 0.4) is 0 Å². The summed E-state index contributed by atoms with van der Waals surface area (Å²) in [5.41, 5.74) is 1.22. The van der Waals surface area contributed by atoms with Gasteiger partial charge in [-0.1, -0.05) is 11.6 Å². The summed E-state index contributed by atoms with van der Waals surface area (Å²) in [6, 6.07) is 3.65. The lowest BCUT2D eigenvalue weighted by atomic mass is 9.84. The summed E-state index contributed by atoms with van der Waals surface area (Å²) in [7, 11) is 1.53. The standard InChI is InChI=1S/C29H40N8O4/c1-20(37-19-25(32-33-37)24-15-30-16-26(31-24)40-5)35-13-11-22(14-27(35)38)34-12-7-10-23(18-34)36(17-21-8-6-9-21)28(39)41-29(2,3)4/h11,13-16,19-21,23H,6-10,12,17-18H2,1-5H3/t20?,23-/m1/s1. The van der Waals surface area contributed by atoms with Gasteiger partial charge in [0.25, 0.3) is 5.56 Å². The van der Waals surface area contributed by atoms with E-state index in [0.29, 0.717) is 29.7 Å². The first-order chi connectivity index (χ1) is 19.6. The molecule has 3 aromatic rings. The van der Waals surface area contributed by atoms with Gasteiger partial charge in [-0.3, -0.25) is 14.3 Å². The van der Waals surface area contributed by atoms with Crippen LogP contribution in [0.4, 0.5) is 10.5 Å². The molecular formula is C29H40N8O4. The van der Waals surface area contributed by atoms with Gasteiger partial charge in [0.15, 0.2) is 0 Å². The highest BCUT2D eigenvalue weighted by atomic mass is 16.6. The van der Waals surface area contributed by atoms with Crippen molar-refractivity contribution in [2.75, 3.05) is 31.6 Å². The molecule has 0 N–H and O–H groups in total. The quantitative estimate of drug-likeness (QED) is 0.400. The van der Waals surface area contributed by atoms with E-state index < -0.39 is 11.8 Å². The molecule has 1 unspecified atom stereocenters. The molecule has 1 saturated carbocycles. The van der Waals surface area contributed by atoms with Crippen molar-refractivity contribution in [3.05, 3.63) is 47.3 Å². The van der Waals surface area contributed by atoms with Gasteiger partial charge in [0.2, 0.25) is 5.88 Å². The predicted octanol–water partition coefficient (Wildman–Crippen LogP) is 3.98. The summed E-state index contributed by atoms with van der Waals surface area (Å²) in [5, 5.41) is 8.43. The van der Waals surface area contributed by atoms with Crippen LogP contribution in [0.1, 0.15) is 66.0 Å². The maximum atomic E-state index is 13.3. The number of anilines is 1. The Balaban J connectivity index is 1.30. The second-order valence-electron chi connectivity index (χ2n) is 12.0. The third-order valence-corrected chi connectivity index (χ3v) is 7.82. The van der Waals surface area contributed by atoms with Gasteiger partial charge in [0.05, 0.1) is 31.7 Å². The van der Waals surface area contributed by atoms with Crippen LogP contribution in [-0.2, 0) is 4.74 Å². The number of aromatic nitrogens is 6. The molecule has 3 aromatic heterocycles. The van der Waals surface area contributed by atoms with Crippen molar-refractivity contribution in [2.24, 2.45) is 5.92 Å². The van der Waals surface area contributed by atoms with Gasteiger partial charge >= 0.3 is 6.09 Å². The first-order valence-electron chi connectivity index (χ1n) is 14.4. The van der Waals surface area contributed by atoms with Crippen LogP contribution in [0.5, 0.6) is 5.88 Å². The zero-order valence-electron chi connectivity index (χ0n) is 24.6. The largest absolute Gasteiger partial charge is 0.480 e. The van der Waals surface area contributed by atoms with Gasteiger partial charge < -0.3 is 19.3 Å². The number of methoxy groups -OCH3 is 1. The van der Waals surface area contributed by atoms with Gasteiger partial charge in [0.1, 0.15) is 23.2 Å². The molecule has 0 bridgehead atoms. The number of carbonyl (C=O) groups excluding carboxylic acids is 1. The summed E-state index contributed by atoms with van der Waals surface area (Å²) >= 11 is 0. The molecule has 12 nitrogen and oxygen atoms in total. The number of amides is 1. The van der Waals surface area contributed by atoms with E-state index in [0.717, 1.165) is 44.5 Å². The number of carbonyl (C=O) groups is 1. The molecule has 2 aliphatic rings. The van der Waals surface area contributed by atoms with Crippen LogP contribution in [0.15, 0.2) is 41.7 Å². The fraction of sp³-hybridized carbons (Fsp3) is 0.586. The Kier molecular flexibility index (Phi) is 8.27. The predicted molar refractivity (Wildman–Crippen MR) is 154 cm³/mol. The zero-order valence-corrected chi connectivity index (χ0v) is 24.6. The number of hydrogen-bond donors (Lipinski definition) is 0. The van der Waals surface area contributed by atoms with Crippen molar-refractivity contribution in [1.82, 2.24) is 34.4 Å². The number of piperidine rings is 1. The van der Waals surface area contributed by atoms with Crippen LogP contribution in [0, 0.1) is 5.92 Å². The van der Waals surface area contributed by atoms with E-state index in [-0.39, 0.29) is 17.7 Å². The zero-order chi connectivity index (χ0) is 29.1. The fourth-order valence-electron chi connectivity index (χ4n) is 5.35. The summed E-state index contributed by atoms with van der Waals surface area (Å²) in [6.07, 6.45) is 11.4. The lowest BCUT2D eigenvalue weighted by Gasteiger charge is -2.43. The molecule has 1 aliphatic carbocycles. The Hall–Kier alpha value is -3.96. The molecule has 0 aromatic carbocycles. The molecule has 1 amide bonds. The molecule has 1 saturated heterocycles. The third-order valence-electron chi connectivity index (χ3n) is 7.82. The highest BCUT2D eigenvalue weighted by molar-refractivity contribution is 5.69. The van der Waals surface area contributed by atoms with Crippen molar-refractivity contribution >= 4 is 11.8 Å². The average molecular weight is 565 g/mol. The maximum Gasteiger partial charge on any atom is 0.410 e. The molecule has 0 spiro atoms. The van der Waals surface area contributed by atoms with Crippen LogP contribution in [-0.4, -0.2) is 78.9 Å². The van der Waals surface area contributed by atoms with Gasteiger partial charge in [-0.05, 0) is 65.4 Å². The van der Waals surface area contributed by atoms with Crippen LogP contribution < -0.4 is 15.2 Å². The molecule has 4 heterocycles. The average Bonchev–Trinajstić information content (AvgIpc) is 3.42. The van der Waals surface area contributed by atoms with E-state index >= 15 is 0 Å². The molecule has 5 rings (SSSR count). The van der Waals surface area contributed by atoms with Gasteiger partial charge in [0, 0.05) is 37.6 Å². The number of ether oxygens (including phenoxy) is 2. The molecule has 12 heteroatoms. The number of rotatable bonds is 8. The van der Waals surface area contributed by atoms with E-state index in [1.54, 1.807) is 33.9 Å². The van der Waals surface area contributed by atoms with Crippen molar-refractivity contribution in [2.45, 2.75) is 77.6 Å². The van der Waals surface area contributed by atoms with Crippen molar-refractivity contribution in [3.63, 3.8) is 0 Å². The number of nitrogens with zero attached hydrogens (tertiary/aromatic N) is 8. The molecular weight excluding hydrogens is 524 g/mol. The topological polar surface area (TPSA) is 121 Å². The number of hydrogen-bond acceptors (Lipinski definition) is 9. The Morgan fingerprint density at radius 1 is 1.17 bits per heavy atom. The molecule has 2 atom stereocenters. The Bertz CT molecular complexity index is 1410. The first kappa shape index (κ1) is 28.6. The molecule has 2 fully saturated rings. The van der Waals surface area contributed by atoms with E-state index in [9.17, 15) is 9.59 Å². The Morgan fingerprint density at radius 3 is 2.66 bits per heavy atom. The molecule has 220 valence electrons. The lowest BCUT2D eigenvalue weighted by molar-refractivity contribution is 0.00736. The molecule has 1 aliphatic heterocycles. The fourth-order valence-corrected chi connectivity index (χ4v) is 5.35. The summed E-state index contributed by atoms with van der Waals surface area (Å²) < 4.78 is 14.2. The third kappa shape index (κ3) is 6.68. The lowest BCUT2D eigenvalue weighted by Crippen LogP contribution is -2.53. The highest BCUT2D eigenvalue weighted by Gasteiger charge is 2.34. The van der Waals surface area contributed by atoms with Crippen molar-refractivity contribution in [3.8, 4) is 17.3 Å². The second kappa shape index (κ2) is 11.9. The Labute approximate surface area is 240 Å². The number of pyridine rings is 1. The first-order valence-corrected chi connectivity index (χ1v) is 14.4. The minimum Gasteiger partial charge on any atom is -0.480 e. The SMILES string of the molecule is COc1cncc(-c2cn(C(C)n3ccc(N4CCC[C@@H](N(CC5CCC5)C(=O)OC(C)(C)C)C4)cc3=O)nn2)n1. The highest BCUT2D eigenvalue weighted by Crippen LogP contribution is 2.31. The second-order valence-corrected chi connectivity index (χ2v) is 12.0. The van der Waals surface area contributed by atoms with E-state index in [1.165, 1.54) is 19.7 Å². The summed E-state index contributed by atoms with van der Waals surface area (Å²) in [4.78, 5) is 39.1. The van der Waals surface area contributed by atoms with Crippen LogP contribution >= 0.6 is 0 Å². The van der Waals surface area contributed by atoms with Gasteiger partial charge in [-0.15, -0.1) is 5.10 Å². The van der Waals surface area contributed by atoms with Crippen LogP contribution in [0.2, 0.25) is 0 Å². The van der Waals surface area contributed by atoms with E-state index in [1.807, 2.05) is 38.7 Å². The van der Waals surface area contributed by atoms with Crippen molar-refractivity contribution < 1.29 is 14.3 Å². The maximum absolute atomic E-state index is 13.3. The van der Waals surface area contributed by atoms with Crippen LogP contribution in [0.25, 0.3) is 11.4 Å². The molecule has 0 radical (unpaired) electrons. The Morgan fingerprint density at radius 2 is 1.98 bits per heavy atom. The van der Waals surface area contributed by atoms with E-state index in [2.05, 4.69) is 25.2 Å². The molecule has 41 heavy (non-hydrogen) atoms. The minimum atomic E-state index is -0.545. The smallest absolute Gasteiger partial charge is 0.410 e. The van der Waals surface area contributed by atoms with E-state index in [4.69, 9.17) is 9.47 Å². The monoisotopic (exact) mass is 564 g/mol. The normalized spacial score (nSPS) is 18.5.